The Labute approximate surface area is 173 Å². The summed E-state index contributed by atoms with van der Waals surface area (Å²) in [7, 11) is 0. The second kappa shape index (κ2) is 7.16. The van der Waals surface area contributed by atoms with E-state index in [1.54, 1.807) is 24.3 Å². The van der Waals surface area contributed by atoms with Gasteiger partial charge in [-0.3, -0.25) is 4.79 Å². The van der Waals surface area contributed by atoms with E-state index in [-0.39, 0.29) is 5.82 Å². The van der Waals surface area contributed by atoms with Crippen molar-refractivity contribution in [3.8, 4) is 11.1 Å². The molecule has 0 saturated heterocycles. The number of fused-ring (bicyclic) bond motifs is 3. The molecule has 0 bridgehead atoms. The van der Waals surface area contributed by atoms with Crippen molar-refractivity contribution >= 4 is 27.7 Å². The Bertz CT molecular complexity index is 1400. The van der Waals surface area contributed by atoms with E-state index in [1.807, 2.05) is 53.1 Å². The lowest BCUT2D eigenvalue weighted by Gasteiger charge is -2.10. The molecular formula is C26H18FN2O. The molecule has 4 aromatic carbocycles. The lowest BCUT2D eigenvalue weighted by molar-refractivity contribution is 0.100. The van der Waals surface area contributed by atoms with Crippen LogP contribution in [-0.4, -0.2) is 10.5 Å². The molecular weight excluding hydrogens is 375 g/mol. The molecule has 30 heavy (non-hydrogen) atoms. The van der Waals surface area contributed by atoms with Gasteiger partial charge < -0.3 is 10.3 Å². The molecule has 0 aliphatic rings. The van der Waals surface area contributed by atoms with E-state index < -0.39 is 5.91 Å². The molecule has 0 unspecified atom stereocenters. The summed E-state index contributed by atoms with van der Waals surface area (Å²) in [5, 5.41) is 1.55. The van der Waals surface area contributed by atoms with Crippen molar-refractivity contribution in [2.75, 3.05) is 0 Å². The van der Waals surface area contributed by atoms with Gasteiger partial charge in [-0.2, -0.15) is 0 Å². The monoisotopic (exact) mass is 393 g/mol. The van der Waals surface area contributed by atoms with Gasteiger partial charge in [0.2, 0.25) is 5.91 Å². The fraction of sp³-hybridized carbons (Fsp3) is 0.0385. The van der Waals surface area contributed by atoms with Crippen molar-refractivity contribution in [1.82, 2.24) is 4.57 Å². The molecule has 5 rings (SSSR count). The Morgan fingerprint density at radius 2 is 1.67 bits per heavy atom. The molecule has 0 aliphatic heterocycles. The van der Waals surface area contributed by atoms with Crippen LogP contribution in [0.3, 0.4) is 0 Å². The van der Waals surface area contributed by atoms with E-state index in [0.29, 0.717) is 17.7 Å². The smallest absolute Gasteiger partial charge is 0.249 e. The fourth-order valence-corrected chi connectivity index (χ4v) is 4.03. The number of nitrogens with zero attached hydrogens (tertiary/aromatic N) is 1. The number of nitrogens with two attached hydrogens (primary N) is 1. The molecule has 2 N–H and O–H groups in total. The highest BCUT2D eigenvalue weighted by atomic mass is 19.1. The summed E-state index contributed by atoms with van der Waals surface area (Å²) >= 11 is 0. The van der Waals surface area contributed by atoms with E-state index in [1.165, 1.54) is 6.07 Å². The Kier molecular flexibility index (Phi) is 4.32. The first-order chi connectivity index (χ1) is 14.6. The van der Waals surface area contributed by atoms with E-state index in [0.717, 1.165) is 32.9 Å². The lowest BCUT2D eigenvalue weighted by Crippen LogP contribution is -2.11. The van der Waals surface area contributed by atoms with Crippen LogP contribution in [0.2, 0.25) is 0 Å². The maximum absolute atomic E-state index is 14.4. The van der Waals surface area contributed by atoms with E-state index in [9.17, 15) is 9.18 Å². The van der Waals surface area contributed by atoms with Crippen molar-refractivity contribution in [3.63, 3.8) is 0 Å². The molecule has 1 amide bonds. The largest absolute Gasteiger partial charge is 0.366 e. The summed E-state index contributed by atoms with van der Waals surface area (Å²) in [6.45, 7) is 0.334. The van der Waals surface area contributed by atoms with Crippen LogP contribution in [0.5, 0.6) is 0 Å². The van der Waals surface area contributed by atoms with Crippen LogP contribution < -0.4 is 5.73 Å². The number of carbonyl (C=O) groups is 1. The van der Waals surface area contributed by atoms with Crippen molar-refractivity contribution in [2.45, 2.75) is 6.54 Å². The topological polar surface area (TPSA) is 48.0 Å². The minimum Gasteiger partial charge on any atom is -0.366 e. The molecule has 4 heteroatoms. The zero-order valence-electron chi connectivity index (χ0n) is 16.1. The third kappa shape index (κ3) is 2.94. The van der Waals surface area contributed by atoms with Crippen molar-refractivity contribution in [1.29, 1.82) is 0 Å². The Balaban J connectivity index is 1.83. The van der Waals surface area contributed by atoms with E-state index >= 15 is 0 Å². The van der Waals surface area contributed by atoms with Gasteiger partial charge in [0.15, 0.2) is 0 Å². The maximum atomic E-state index is 14.4. The number of carbonyl (C=O) groups excluding carboxylic acids is 1. The highest BCUT2D eigenvalue weighted by Gasteiger charge is 2.18. The van der Waals surface area contributed by atoms with Crippen LogP contribution >= 0.6 is 0 Å². The van der Waals surface area contributed by atoms with Gasteiger partial charge >= 0.3 is 0 Å². The van der Waals surface area contributed by atoms with Gasteiger partial charge in [0.05, 0.1) is 17.6 Å². The predicted octanol–water partition coefficient (Wildman–Crippen LogP) is 5.55. The number of hydrogen-bond donors (Lipinski definition) is 1. The summed E-state index contributed by atoms with van der Waals surface area (Å²) in [5.41, 5.74) is 10.4. The number of amides is 1. The predicted molar refractivity (Wildman–Crippen MR) is 118 cm³/mol. The summed E-state index contributed by atoms with van der Waals surface area (Å²) < 4.78 is 16.5. The average molecular weight is 393 g/mol. The van der Waals surface area contributed by atoms with E-state index in [4.69, 9.17) is 5.73 Å². The van der Waals surface area contributed by atoms with Crippen molar-refractivity contribution in [2.24, 2.45) is 5.73 Å². The first-order valence-electron chi connectivity index (χ1n) is 9.69. The number of primary amides is 1. The molecule has 0 saturated carbocycles. The van der Waals surface area contributed by atoms with Crippen LogP contribution in [0.15, 0.2) is 84.9 Å². The summed E-state index contributed by atoms with van der Waals surface area (Å²) in [5.74, 6) is -0.757. The van der Waals surface area contributed by atoms with Gasteiger partial charge in [-0.1, -0.05) is 54.6 Å². The number of hydrogen-bond acceptors (Lipinski definition) is 1. The number of aromatic nitrogens is 1. The van der Waals surface area contributed by atoms with Gasteiger partial charge in [0.25, 0.3) is 0 Å². The third-order valence-corrected chi connectivity index (χ3v) is 5.45. The normalized spacial score (nSPS) is 11.2. The minimum absolute atomic E-state index is 0.262. The van der Waals surface area contributed by atoms with Gasteiger partial charge in [-0.05, 0) is 47.5 Å². The molecule has 145 valence electrons. The molecule has 0 aliphatic carbocycles. The zero-order chi connectivity index (χ0) is 20.7. The van der Waals surface area contributed by atoms with Gasteiger partial charge in [-0.15, -0.1) is 0 Å². The van der Waals surface area contributed by atoms with Crippen LogP contribution in [0.4, 0.5) is 4.39 Å². The first-order valence-corrected chi connectivity index (χ1v) is 9.69. The SMILES string of the molecule is NC(=O)c1cccc2c1c1[c]cc(-c3ccccc3)cc1n2Cc1ccccc1F. The van der Waals surface area contributed by atoms with Crippen LogP contribution in [0.1, 0.15) is 15.9 Å². The lowest BCUT2D eigenvalue weighted by atomic mass is 10.0. The quantitative estimate of drug-likeness (QED) is 0.428. The number of benzene rings is 4. The Morgan fingerprint density at radius 3 is 2.43 bits per heavy atom. The van der Waals surface area contributed by atoms with Crippen LogP contribution in [0.25, 0.3) is 32.9 Å². The number of halogens is 1. The van der Waals surface area contributed by atoms with Gasteiger partial charge in [0.1, 0.15) is 5.82 Å². The first kappa shape index (κ1) is 18.1. The number of rotatable bonds is 4. The van der Waals surface area contributed by atoms with E-state index in [2.05, 4.69) is 12.1 Å². The molecule has 0 spiro atoms. The highest BCUT2D eigenvalue weighted by Crippen LogP contribution is 2.34. The molecule has 1 aromatic heterocycles. The second-order valence-corrected chi connectivity index (χ2v) is 7.26. The Morgan fingerprint density at radius 1 is 0.900 bits per heavy atom. The standard InChI is InChI=1S/C26H18FN2O/c27-22-11-5-4-9-19(22)16-29-23-12-6-10-21(26(28)30)25(23)20-14-13-18(15-24(20)29)17-7-2-1-3-8-17/h1-13,15H,16H2,(H2,28,30). The second-order valence-electron chi connectivity index (χ2n) is 7.26. The fourth-order valence-electron chi connectivity index (χ4n) is 4.03. The molecule has 0 fully saturated rings. The van der Waals surface area contributed by atoms with Crippen molar-refractivity contribution in [3.05, 3.63) is 108 Å². The average Bonchev–Trinajstić information content (AvgIpc) is 3.09. The minimum atomic E-state index is -0.494. The van der Waals surface area contributed by atoms with Gasteiger partial charge in [0, 0.05) is 21.9 Å². The maximum Gasteiger partial charge on any atom is 0.249 e. The molecule has 5 aromatic rings. The molecule has 3 nitrogen and oxygen atoms in total. The van der Waals surface area contributed by atoms with Crippen LogP contribution in [0, 0.1) is 11.9 Å². The Hall–Kier alpha value is -3.92. The third-order valence-electron chi connectivity index (χ3n) is 5.45. The summed E-state index contributed by atoms with van der Waals surface area (Å²) in [4.78, 5) is 12.1. The molecule has 0 atom stereocenters. The van der Waals surface area contributed by atoms with Crippen molar-refractivity contribution < 1.29 is 9.18 Å². The molecule has 1 heterocycles. The molecule has 1 radical (unpaired) electrons. The van der Waals surface area contributed by atoms with Gasteiger partial charge in [-0.25, -0.2) is 4.39 Å². The zero-order valence-corrected chi connectivity index (χ0v) is 16.1. The van der Waals surface area contributed by atoms with Crippen LogP contribution in [-0.2, 0) is 6.54 Å². The summed E-state index contributed by atoms with van der Waals surface area (Å²) in [6.07, 6.45) is 0. The highest BCUT2D eigenvalue weighted by molar-refractivity contribution is 6.18. The summed E-state index contributed by atoms with van der Waals surface area (Å²) in [6, 6.07) is 29.5.